The predicted molar refractivity (Wildman–Crippen MR) is 105 cm³/mol. The molecule has 0 spiro atoms. The van der Waals surface area contributed by atoms with E-state index in [4.69, 9.17) is 9.15 Å². The topological polar surface area (TPSA) is 96.2 Å². The molecule has 148 valence electrons. The molecule has 2 amide bonds. The molecule has 1 aromatic carbocycles. The number of hydrogen-bond donors (Lipinski definition) is 2. The Morgan fingerprint density at radius 2 is 2.07 bits per heavy atom. The van der Waals surface area contributed by atoms with Crippen LogP contribution in [-0.4, -0.2) is 42.1 Å². The van der Waals surface area contributed by atoms with E-state index in [0.717, 1.165) is 5.56 Å². The summed E-state index contributed by atoms with van der Waals surface area (Å²) in [6, 6.07) is 10.5. The second-order valence-corrected chi connectivity index (χ2v) is 7.39. The van der Waals surface area contributed by atoms with Crippen LogP contribution in [0, 0.1) is 0 Å². The maximum Gasteiger partial charge on any atom is 0.417 e. The number of ether oxygens (including phenoxy) is 1. The summed E-state index contributed by atoms with van der Waals surface area (Å²) in [6.07, 6.45) is 0.996. The van der Waals surface area contributed by atoms with Gasteiger partial charge in [0.1, 0.15) is 5.60 Å². The first-order valence-corrected chi connectivity index (χ1v) is 8.95. The molecule has 1 aliphatic heterocycles. The van der Waals surface area contributed by atoms with Crippen LogP contribution in [0.5, 0.6) is 0 Å². The number of furan rings is 1. The average molecular weight is 384 g/mol. The second-order valence-electron chi connectivity index (χ2n) is 7.39. The first-order chi connectivity index (χ1) is 13.3. The van der Waals surface area contributed by atoms with E-state index in [0.29, 0.717) is 18.2 Å². The average Bonchev–Trinajstić information content (AvgIpc) is 3.30. The lowest BCUT2D eigenvalue weighted by molar-refractivity contribution is 0.0379. The van der Waals surface area contributed by atoms with E-state index in [9.17, 15) is 9.59 Å². The molecule has 2 heterocycles. The Morgan fingerprint density at radius 3 is 2.71 bits per heavy atom. The number of nitrogens with zero attached hydrogens (tertiary/aromatic N) is 2. The Morgan fingerprint density at radius 1 is 1.29 bits per heavy atom. The van der Waals surface area contributed by atoms with Crippen LogP contribution in [0.4, 0.5) is 10.5 Å². The number of carbonyl (C=O) groups is 2. The van der Waals surface area contributed by atoms with Crippen molar-refractivity contribution in [3.8, 4) is 0 Å². The first kappa shape index (κ1) is 19.5. The Hall–Kier alpha value is -3.29. The number of aliphatic imine (C=N–C) groups is 1. The van der Waals surface area contributed by atoms with E-state index in [1.165, 1.54) is 11.2 Å². The zero-order chi connectivity index (χ0) is 20.3. The van der Waals surface area contributed by atoms with Crippen LogP contribution in [-0.2, 0) is 4.74 Å². The number of amides is 2. The Labute approximate surface area is 163 Å². The quantitative estimate of drug-likeness (QED) is 0.845. The van der Waals surface area contributed by atoms with Gasteiger partial charge in [0, 0.05) is 12.7 Å². The number of guanidine groups is 1. The van der Waals surface area contributed by atoms with Gasteiger partial charge in [-0.15, -0.1) is 0 Å². The normalized spacial score (nSPS) is 18.1. The fourth-order valence-electron chi connectivity index (χ4n) is 2.83. The molecule has 0 saturated carbocycles. The fraction of sp³-hybridized carbons (Fsp3) is 0.350. The van der Waals surface area contributed by atoms with Crippen molar-refractivity contribution in [3.05, 3.63) is 54.0 Å². The van der Waals surface area contributed by atoms with E-state index in [2.05, 4.69) is 15.6 Å². The van der Waals surface area contributed by atoms with Gasteiger partial charge in [-0.25, -0.2) is 9.69 Å². The van der Waals surface area contributed by atoms with E-state index >= 15 is 0 Å². The second kappa shape index (κ2) is 7.75. The highest BCUT2D eigenvalue weighted by atomic mass is 16.6. The summed E-state index contributed by atoms with van der Waals surface area (Å²) in [5, 5.41) is 6.03. The molecule has 1 fully saturated rings. The molecule has 1 saturated heterocycles. The molecule has 1 atom stereocenters. The summed E-state index contributed by atoms with van der Waals surface area (Å²) in [7, 11) is 1.61. The molecule has 8 heteroatoms. The van der Waals surface area contributed by atoms with Crippen molar-refractivity contribution in [1.29, 1.82) is 0 Å². The number of benzene rings is 1. The van der Waals surface area contributed by atoms with Crippen LogP contribution in [0.1, 0.15) is 42.9 Å². The Balaban J connectivity index is 1.73. The molecule has 0 radical (unpaired) electrons. The summed E-state index contributed by atoms with van der Waals surface area (Å²) >= 11 is 0. The summed E-state index contributed by atoms with van der Waals surface area (Å²) in [5.41, 5.74) is 0.945. The van der Waals surface area contributed by atoms with Crippen molar-refractivity contribution in [3.63, 3.8) is 0 Å². The van der Waals surface area contributed by atoms with E-state index in [1.54, 1.807) is 25.2 Å². The number of nitrogens with one attached hydrogen (secondary N) is 2. The molecular formula is C20H24N4O4. The van der Waals surface area contributed by atoms with E-state index in [1.807, 2.05) is 39.0 Å². The highest BCUT2D eigenvalue weighted by Crippen LogP contribution is 2.24. The van der Waals surface area contributed by atoms with Gasteiger partial charge in [0.2, 0.25) is 5.96 Å². The molecule has 3 rings (SSSR count). The van der Waals surface area contributed by atoms with Crippen LogP contribution < -0.4 is 10.6 Å². The van der Waals surface area contributed by atoms with Crippen LogP contribution in [0.15, 0.2) is 52.1 Å². The van der Waals surface area contributed by atoms with E-state index < -0.39 is 11.7 Å². The van der Waals surface area contributed by atoms with Gasteiger partial charge in [0.05, 0.1) is 18.8 Å². The number of anilines is 1. The van der Waals surface area contributed by atoms with Crippen molar-refractivity contribution in [2.24, 2.45) is 4.99 Å². The molecule has 2 aromatic rings. The zero-order valence-electron chi connectivity index (χ0n) is 16.4. The summed E-state index contributed by atoms with van der Waals surface area (Å²) in [4.78, 5) is 30.3. The highest BCUT2D eigenvalue weighted by Gasteiger charge is 2.35. The van der Waals surface area contributed by atoms with Gasteiger partial charge in [-0.2, -0.15) is 0 Å². The molecule has 2 N–H and O–H groups in total. The molecule has 1 unspecified atom stereocenters. The van der Waals surface area contributed by atoms with Crippen molar-refractivity contribution >= 4 is 23.6 Å². The van der Waals surface area contributed by atoms with Gasteiger partial charge in [-0.1, -0.05) is 12.1 Å². The van der Waals surface area contributed by atoms with Crippen LogP contribution in [0.25, 0.3) is 0 Å². The molecule has 0 aliphatic carbocycles. The number of carbonyl (C=O) groups excluding carboxylic acids is 2. The Kier molecular flexibility index (Phi) is 5.39. The van der Waals surface area contributed by atoms with Crippen molar-refractivity contribution in [1.82, 2.24) is 10.2 Å². The number of rotatable bonds is 3. The Bertz CT molecular complexity index is 884. The highest BCUT2D eigenvalue weighted by molar-refractivity contribution is 6.02. The van der Waals surface area contributed by atoms with Crippen molar-refractivity contribution in [2.45, 2.75) is 32.4 Å². The lowest BCUT2D eigenvalue weighted by Gasteiger charge is -2.23. The van der Waals surface area contributed by atoms with Gasteiger partial charge >= 0.3 is 6.09 Å². The van der Waals surface area contributed by atoms with E-state index in [-0.39, 0.29) is 17.7 Å². The lowest BCUT2D eigenvalue weighted by Crippen LogP contribution is -2.39. The fourth-order valence-corrected chi connectivity index (χ4v) is 2.83. The largest absolute Gasteiger partial charge is 0.459 e. The van der Waals surface area contributed by atoms with Gasteiger partial charge in [0.15, 0.2) is 5.76 Å². The smallest absolute Gasteiger partial charge is 0.417 e. The van der Waals surface area contributed by atoms with Gasteiger partial charge in [0.25, 0.3) is 5.91 Å². The zero-order valence-corrected chi connectivity index (χ0v) is 16.4. The molecule has 28 heavy (non-hydrogen) atoms. The summed E-state index contributed by atoms with van der Waals surface area (Å²) in [5.74, 6) is 0.359. The molecular weight excluding hydrogens is 360 g/mol. The molecule has 8 nitrogen and oxygen atoms in total. The van der Waals surface area contributed by atoms with Crippen LogP contribution >= 0.6 is 0 Å². The molecule has 0 bridgehead atoms. The maximum absolute atomic E-state index is 12.5. The third-order valence-electron chi connectivity index (χ3n) is 4.04. The third-order valence-corrected chi connectivity index (χ3v) is 4.04. The SMILES string of the molecule is CN=C1NC(c2cccc(NC(=O)c3ccco3)c2)CN1C(=O)OC(C)(C)C. The minimum Gasteiger partial charge on any atom is -0.459 e. The van der Waals surface area contributed by atoms with Crippen molar-refractivity contribution in [2.75, 3.05) is 18.9 Å². The molecule has 1 aliphatic rings. The third kappa shape index (κ3) is 4.51. The first-order valence-electron chi connectivity index (χ1n) is 8.95. The maximum atomic E-state index is 12.5. The van der Waals surface area contributed by atoms with Gasteiger partial charge in [-0.05, 0) is 50.6 Å². The standard InChI is InChI=1S/C20H24N4O4/c1-20(2,3)28-19(26)24-12-15(23-18(24)21-4)13-7-5-8-14(11-13)22-17(25)16-9-6-10-27-16/h5-11,15H,12H2,1-4H3,(H,21,23)(H,22,25). The number of hydrogen-bond acceptors (Lipinski definition) is 5. The van der Waals surface area contributed by atoms with Gasteiger partial charge in [-0.3, -0.25) is 9.79 Å². The van der Waals surface area contributed by atoms with Crippen LogP contribution in [0.2, 0.25) is 0 Å². The van der Waals surface area contributed by atoms with Crippen molar-refractivity contribution < 1.29 is 18.7 Å². The molecule has 1 aromatic heterocycles. The predicted octanol–water partition coefficient (Wildman–Crippen LogP) is 3.40. The monoisotopic (exact) mass is 384 g/mol. The lowest BCUT2D eigenvalue weighted by atomic mass is 10.1. The van der Waals surface area contributed by atoms with Gasteiger partial charge < -0.3 is 19.8 Å². The van der Waals surface area contributed by atoms with Crippen LogP contribution in [0.3, 0.4) is 0 Å². The summed E-state index contributed by atoms with van der Waals surface area (Å²) in [6.45, 7) is 5.83. The minimum atomic E-state index is -0.593. The summed E-state index contributed by atoms with van der Waals surface area (Å²) < 4.78 is 10.6. The minimum absolute atomic E-state index is 0.174.